The van der Waals surface area contributed by atoms with Crippen molar-refractivity contribution in [1.29, 1.82) is 0 Å². The van der Waals surface area contributed by atoms with E-state index < -0.39 is 0 Å². The minimum Gasteiger partial charge on any atom is -0.490 e. The maximum Gasteiger partial charge on any atom is 0.221 e. The Morgan fingerprint density at radius 2 is 2.03 bits per heavy atom. The molecule has 0 atom stereocenters. The molecule has 0 aliphatic carbocycles. The van der Waals surface area contributed by atoms with Crippen LogP contribution in [-0.2, 0) is 11.2 Å². The molecule has 2 aromatic rings. The number of ether oxygens (including phenoxy) is 2. The van der Waals surface area contributed by atoms with E-state index in [1.165, 1.54) is 4.88 Å². The summed E-state index contributed by atoms with van der Waals surface area (Å²) in [5.41, 5.74) is 0.855. The molecule has 0 radical (unpaired) electrons. The van der Waals surface area contributed by atoms with Gasteiger partial charge in [-0.3, -0.25) is 9.79 Å². The van der Waals surface area contributed by atoms with Crippen molar-refractivity contribution in [2.45, 2.75) is 39.2 Å². The Labute approximate surface area is 181 Å². The van der Waals surface area contributed by atoms with E-state index in [1.807, 2.05) is 38.1 Å². The number of hydrogen-bond acceptors (Lipinski definition) is 5. The van der Waals surface area contributed by atoms with Crippen LogP contribution in [-0.4, -0.2) is 44.2 Å². The normalized spacial score (nSPS) is 13.6. The van der Waals surface area contributed by atoms with Crippen molar-refractivity contribution in [1.82, 2.24) is 10.6 Å². The number of amides is 1. The predicted octanol–water partition coefficient (Wildman–Crippen LogP) is 3.42. The van der Waals surface area contributed by atoms with E-state index in [4.69, 9.17) is 9.47 Å². The second-order valence-corrected chi connectivity index (χ2v) is 8.33. The van der Waals surface area contributed by atoms with E-state index in [9.17, 15) is 4.79 Å². The van der Waals surface area contributed by atoms with Crippen LogP contribution in [0.1, 0.15) is 31.6 Å². The number of carbonyl (C=O) groups excluding carboxylic acids is 1. The van der Waals surface area contributed by atoms with Crippen LogP contribution in [0, 0.1) is 0 Å². The zero-order chi connectivity index (χ0) is 21.2. The third-order valence-corrected chi connectivity index (χ3v) is 5.25. The van der Waals surface area contributed by atoms with E-state index in [0.29, 0.717) is 38.7 Å². The molecule has 0 fully saturated rings. The summed E-state index contributed by atoms with van der Waals surface area (Å²) in [4.78, 5) is 17.9. The zero-order valence-corrected chi connectivity index (χ0v) is 18.4. The molecule has 0 bridgehead atoms. The molecule has 0 spiro atoms. The van der Waals surface area contributed by atoms with Crippen LogP contribution in [0.2, 0.25) is 0 Å². The summed E-state index contributed by atoms with van der Waals surface area (Å²) in [5, 5.41) is 11.5. The smallest absolute Gasteiger partial charge is 0.221 e. The SMILES string of the molecule is CC(C)NC(=O)CCNC(=NCCc1cccs1)Nc1ccc2c(c1)OCCCO2. The zero-order valence-electron chi connectivity index (χ0n) is 17.6. The molecule has 1 amide bonds. The van der Waals surface area contributed by atoms with Crippen molar-refractivity contribution in [2.24, 2.45) is 4.99 Å². The van der Waals surface area contributed by atoms with Crippen LogP contribution in [0.4, 0.5) is 5.69 Å². The minimum atomic E-state index is 0.0195. The maximum atomic E-state index is 11.9. The van der Waals surface area contributed by atoms with Gasteiger partial charge in [-0.25, -0.2) is 0 Å². The maximum absolute atomic E-state index is 11.9. The van der Waals surface area contributed by atoms with Gasteiger partial charge in [-0.2, -0.15) is 0 Å². The largest absolute Gasteiger partial charge is 0.490 e. The van der Waals surface area contributed by atoms with Crippen molar-refractivity contribution >= 4 is 28.9 Å². The van der Waals surface area contributed by atoms with Crippen LogP contribution in [0.5, 0.6) is 11.5 Å². The molecule has 162 valence electrons. The van der Waals surface area contributed by atoms with Gasteiger partial charge in [0.1, 0.15) is 0 Å². The number of carbonyl (C=O) groups is 1. The summed E-state index contributed by atoms with van der Waals surface area (Å²) in [6.07, 6.45) is 2.12. The van der Waals surface area contributed by atoms with Gasteiger partial charge in [0.05, 0.1) is 13.2 Å². The molecule has 1 aromatic heterocycles. The highest BCUT2D eigenvalue weighted by Crippen LogP contribution is 2.32. The first-order valence-electron chi connectivity index (χ1n) is 10.4. The quantitative estimate of drug-likeness (QED) is 0.441. The van der Waals surface area contributed by atoms with E-state index in [0.717, 1.165) is 30.0 Å². The Bertz CT molecular complexity index is 837. The van der Waals surface area contributed by atoms with Crippen LogP contribution < -0.4 is 25.4 Å². The Hall–Kier alpha value is -2.74. The molecule has 7 nitrogen and oxygen atoms in total. The van der Waals surface area contributed by atoms with Gasteiger partial charge >= 0.3 is 0 Å². The Morgan fingerprint density at radius 3 is 2.80 bits per heavy atom. The van der Waals surface area contributed by atoms with E-state index >= 15 is 0 Å². The standard InChI is InChI=1S/C22H30N4O3S/c1-16(2)25-21(27)9-11-24-22(23-10-8-18-5-3-14-30-18)26-17-6-7-19-20(15-17)29-13-4-12-28-19/h3,5-7,14-16H,4,8-13H2,1-2H3,(H,25,27)(H2,23,24,26). The van der Waals surface area contributed by atoms with Gasteiger partial charge in [0.25, 0.3) is 0 Å². The lowest BCUT2D eigenvalue weighted by molar-refractivity contribution is -0.121. The Balaban J connectivity index is 1.62. The summed E-state index contributed by atoms with van der Waals surface area (Å²) in [6.45, 7) is 6.35. The summed E-state index contributed by atoms with van der Waals surface area (Å²) in [6, 6.07) is 10.1. The summed E-state index contributed by atoms with van der Waals surface area (Å²) in [5.74, 6) is 2.14. The number of guanidine groups is 1. The van der Waals surface area contributed by atoms with Crippen molar-refractivity contribution in [3.8, 4) is 11.5 Å². The molecule has 3 N–H and O–H groups in total. The topological polar surface area (TPSA) is 84.0 Å². The molecule has 3 rings (SSSR count). The fourth-order valence-corrected chi connectivity index (χ4v) is 3.64. The van der Waals surface area contributed by atoms with Crippen molar-refractivity contribution in [3.05, 3.63) is 40.6 Å². The van der Waals surface area contributed by atoms with E-state index in [2.05, 4.69) is 32.4 Å². The molecule has 30 heavy (non-hydrogen) atoms. The average Bonchev–Trinajstić information content (AvgIpc) is 3.11. The second-order valence-electron chi connectivity index (χ2n) is 7.30. The van der Waals surface area contributed by atoms with Crippen LogP contribution in [0.3, 0.4) is 0 Å². The molecule has 8 heteroatoms. The Kier molecular flexibility index (Phi) is 8.38. The molecule has 1 aliphatic rings. The second kappa shape index (κ2) is 11.4. The van der Waals surface area contributed by atoms with Crippen molar-refractivity contribution < 1.29 is 14.3 Å². The number of hydrogen-bond donors (Lipinski definition) is 3. The first kappa shape index (κ1) is 22.0. The fourth-order valence-electron chi connectivity index (χ4n) is 2.94. The number of anilines is 1. The lowest BCUT2D eigenvalue weighted by atomic mass is 10.2. The minimum absolute atomic E-state index is 0.0195. The lowest BCUT2D eigenvalue weighted by Crippen LogP contribution is -2.36. The van der Waals surface area contributed by atoms with Gasteiger partial charge in [-0.15, -0.1) is 11.3 Å². The Morgan fingerprint density at radius 1 is 1.20 bits per heavy atom. The number of nitrogens with zero attached hydrogens (tertiary/aromatic N) is 1. The molecular formula is C22H30N4O3S. The van der Waals surface area contributed by atoms with Crippen LogP contribution in [0.25, 0.3) is 0 Å². The molecule has 2 heterocycles. The van der Waals surface area contributed by atoms with E-state index in [-0.39, 0.29) is 11.9 Å². The monoisotopic (exact) mass is 430 g/mol. The van der Waals surface area contributed by atoms with Gasteiger partial charge in [0, 0.05) is 55.0 Å². The molecule has 0 saturated carbocycles. The molecule has 1 aromatic carbocycles. The number of benzene rings is 1. The lowest BCUT2D eigenvalue weighted by Gasteiger charge is -2.15. The summed E-state index contributed by atoms with van der Waals surface area (Å²) >= 11 is 1.73. The third-order valence-electron chi connectivity index (χ3n) is 4.31. The number of thiophene rings is 1. The number of nitrogens with one attached hydrogen (secondary N) is 3. The predicted molar refractivity (Wildman–Crippen MR) is 122 cm³/mol. The van der Waals surface area contributed by atoms with Gasteiger partial charge in [0.2, 0.25) is 5.91 Å². The first-order chi connectivity index (χ1) is 14.6. The number of fused-ring (bicyclic) bond motifs is 1. The average molecular weight is 431 g/mol. The molecular weight excluding hydrogens is 400 g/mol. The van der Waals surface area contributed by atoms with Crippen LogP contribution in [0.15, 0.2) is 40.7 Å². The van der Waals surface area contributed by atoms with Gasteiger partial charge in [0.15, 0.2) is 17.5 Å². The van der Waals surface area contributed by atoms with E-state index in [1.54, 1.807) is 11.3 Å². The highest BCUT2D eigenvalue weighted by Gasteiger charge is 2.12. The van der Waals surface area contributed by atoms with Crippen molar-refractivity contribution in [2.75, 3.05) is 31.6 Å². The third kappa shape index (κ3) is 7.26. The highest BCUT2D eigenvalue weighted by atomic mass is 32.1. The molecule has 1 aliphatic heterocycles. The van der Waals surface area contributed by atoms with Crippen molar-refractivity contribution in [3.63, 3.8) is 0 Å². The first-order valence-corrected chi connectivity index (χ1v) is 11.2. The highest BCUT2D eigenvalue weighted by molar-refractivity contribution is 7.09. The molecule has 0 unspecified atom stereocenters. The molecule has 0 saturated heterocycles. The van der Waals surface area contributed by atoms with Gasteiger partial charge in [-0.05, 0) is 37.4 Å². The summed E-state index contributed by atoms with van der Waals surface area (Å²) < 4.78 is 11.5. The summed E-state index contributed by atoms with van der Waals surface area (Å²) in [7, 11) is 0. The van der Waals surface area contributed by atoms with Crippen LogP contribution >= 0.6 is 11.3 Å². The fraction of sp³-hybridized carbons (Fsp3) is 0.455. The number of aliphatic imine (C=N–C) groups is 1. The van der Waals surface area contributed by atoms with Gasteiger partial charge < -0.3 is 25.4 Å². The number of rotatable bonds is 8. The van der Waals surface area contributed by atoms with Gasteiger partial charge in [-0.1, -0.05) is 6.07 Å².